The predicted octanol–water partition coefficient (Wildman–Crippen LogP) is 5.91. The third-order valence-electron chi connectivity index (χ3n) is 5.03. The first kappa shape index (κ1) is 13.9. The third-order valence-corrected chi connectivity index (χ3v) is 5.03. The molecule has 0 N–H and O–H groups in total. The van der Waals surface area contributed by atoms with Gasteiger partial charge in [0.1, 0.15) is 0 Å². The van der Waals surface area contributed by atoms with Crippen LogP contribution in [0.4, 0.5) is 11.4 Å². The smallest absolute Gasteiger partial charge is 0.0416 e. The highest BCUT2D eigenvalue weighted by atomic mass is 15.1. The lowest BCUT2D eigenvalue weighted by Crippen LogP contribution is -2.16. The lowest BCUT2D eigenvalue weighted by Gasteiger charge is -2.25. The van der Waals surface area contributed by atoms with Crippen molar-refractivity contribution in [2.45, 2.75) is 51.4 Å². The number of anilines is 2. The summed E-state index contributed by atoms with van der Waals surface area (Å²) in [7, 11) is 0. The highest BCUT2D eigenvalue weighted by Crippen LogP contribution is 2.46. The Kier molecular flexibility index (Phi) is 3.44. The van der Waals surface area contributed by atoms with Crippen LogP contribution in [0, 0.1) is 6.92 Å². The van der Waals surface area contributed by atoms with Crippen LogP contribution >= 0.6 is 0 Å². The molecule has 0 atom stereocenters. The van der Waals surface area contributed by atoms with Gasteiger partial charge < -0.3 is 4.90 Å². The molecule has 0 radical (unpaired) electrons. The zero-order valence-electron chi connectivity index (χ0n) is 13.7. The SMILES string of the molecule is CCN(c1ccc(C)cc1)c1cc(C2CC2)cc(C2CC2)c1. The van der Waals surface area contributed by atoms with Gasteiger partial charge in [-0.15, -0.1) is 0 Å². The van der Waals surface area contributed by atoms with Crippen molar-refractivity contribution < 1.29 is 0 Å². The molecule has 0 heterocycles. The van der Waals surface area contributed by atoms with Crippen molar-refractivity contribution in [3.05, 3.63) is 59.2 Å². The Hall–Kier alpha value is -1.76. The first-order valence-electron chi connectivity index (χ1n) is 8.73. The minimum Gasteiger partial charge on any atom is -0.342 e. The molecule has 2 aromatic rings. The number of rotatable bonds is 5. The minimum absolute atomic E-state index is 0.828. The molecule has 1 nitrogen and oxygen atoms in total. The van der Waals surface area contributed by atoms with Crippen LogP contribution in [0.25, 0.3) is 0 Å². The maximum atomic E-state index is 2.49. The molecule has 0 saturated heterocycles. The van der Waals surface area contributed by atoms with Gasteiger partial charge in [0.25, 0.3) is 0 Å². The van der Waals surface area contributed by atoms with Crippen LogP contribution in [-0.4, -0.2) is 6.54 Å². The van der Waals surface area contributed by atoms with E-state index in [4.69, 9.17) is 0 Å². The van der Waals surface area contributed by atoms with E-state index in [1.165, 1.54) is 42.6 Å². The average Bonchev–Trinajstić information content (AvgIpc) is 3.42. The van der Waals surface area contributed by atoms with Crippen LogP contribution in [0.1, 0.15) is 61.1 Å². The molecule has 0 aliphatic heterocycles. The Morgan fingerprint density at radius 2 is 1.36 bits per heavy atom. The Bertz CT molecular complexity index is 633. The highest BCUT2D eigenvalue weighted by molar-refractivity contribution is 5.65. The molecule has 1 heteroatoms. The van der Waals surface area contributed by atoms with Crippen molar-refractivity contribution in [1.82, 2.24) is 0 Å². The summed E-state index contributed by atoms with van der Waals surface area (Å²) in [4.78, 5) is 2.46. The molecule has 0 unspecified atom stereocenters. The lowest BCUT2D eigenvalue weighted by molar-refractivity contribution is 1.00. The van der Waals surface area contributed by atoms with Gasteiger partial charge in [0.05, 0.1) is 0 Å². The number of aryl methyl sites for hydroxylation is 1. The van der Waals surface area contributed by atoms with E-state index in [1.807, 2.05) is 0 Å². The molecule has 0 bridgehead atoms. The summed E-state index contributed by atoms with van der Waals surface area (Å²) in [5, 5.41) is 0. The Balaban J connectivity index is 1.73. The van der Waals surface area contributed by atoms with Crippen LogP contribution in [0.3, 0.4) is 0 Å². The topological polar surface area (TPSA) is 3.24 Å². The van der Waals surface area contributed by atoms with E-state index in [-0.39, 0.29) is 0 Å². The molecule has 0 aromatic heterocycles. The van der Waals surface area contributed by atoms with Gasteiger partial charge in [-0.2, -0.15) is 0 Å². The summed E-state index contributed by atoms with van der Waals surface area (Å²) in [6.07, 6.45) is 5.52. The molecule has 2 saturated carbocycles. The van der Waals surface area contributed by atoms with E-state index >= 15 is 0 Å². The fraction of sp³-hybridized carbons (Fsp3) is 0.429. The van der Waals surface area contributed by atoms with Gasteiger partial charge in [-0.3, -0.25) is 0 Å². The zero-order chi connectivity index (χ0) is 15.1. The van der Waals surface area contributed by atoms with Gasteiger partial charge in [0, 0.05) is 17.9 Å². The van der Waals surface area contributed by atoms with E-state index < -0.39 is 0 Å². The van der Waals surface area contributed by atoms with Crippen LogP contribution in [-0.2, 0) is 0 Å². The van der Waals surface area contributed by atoms with E-state index in [2.05, 4.69) is 61.2 Å². The van der Waals surface area contributed by atoms with Crippen LogP contribution in [0.2, 0.25) is 0 Å². The van der Waals surface area contributed by atoms with Crippen molar-refractivity contribution in [1.29, 1.82) is 0 Å². The summed E-state index contributed by atoms with van der Waals surface area (Å²) < 4.78 is 0. The third kappa shape index (κ3) is 2.77. The minimum atomic E-state index is 0.828. The summed E-state index contributed by atoms with van der Waals surface area (Å²) in [6, 6.07) is 16.3. The molecule has 22 heavy (non-hydrogen) atoms. The fourth-order valence-corrected chi connectivity index (χ4v) is 3.36. The molecule has 4 rings (SSSR count). The molecule has 2 aromatic carbocycles. The number of nitrogens with zero attached hydrogens (tertiary/aromatic N) is 1. The largest absolute Gasteiger partial charge is 0.342 e. The maximum absolute atomic E-state index is 2.49. The number of hydrogen-bond acceptors (Lipinski definition) is 1. The average molecular weight is 291 g/mol. The Morgan fingerprint density at radius 1 is 0.818 bits per heavy atom. The van der Waals surface area contributed by atoms with Gasteiger partial charge in [0.2, 0.25) is 0 Å². The van der Waals surface area contributed by atoms with Gasteiger partial charge in [-0.25, -0.2) is 0 Å². The van der Waals surface area contributed by atoms with Crippen molar-refractivity contribution in [2.75, 3.05) is 11.4 Å². The van der Waals surface area contributed by atoms with Gasteiger partial charge >= 0.3 is 0 Å². The molecule has 0 amide bonds. The summed E-state index contributed by atoms with van der Waals surface area (Å²) in [5.74, 6) is 1.66. The zero-order valence-corrected chi connectivity index (χ0v) is 13.7. The fourth-order valence-electron chi connectivity index (χ4n) is 3.36. The monoisotopic (exact) mass is 291 g/mol. The summed E-state index contributed by atoms with van der Waals surface area (Å²) in [5.41, 5.74) is 7.17. The van der Waals surface area contributed by atoms with E-state index in [0.717, 1.165) is 18.4 Å². The van der Waals surface area contributed by atoms with Crippen molar-refractivity contribution >= 4 is 11.4 Å². The molecule has 0 spiro atoms. The second-order valence-corrected chi connectivity index (χ2v) is 6.99. The first-order chi connectivity index (χ1) is 10.7. The van der Waals surface area contributed by atoms with E-state index in [0.29, 0.717) is 0 Å². The quantitative estimate of drug-likeness (QED) is 0.662. The molecule has 2 fully saturated rings. The predicted molar refractivity (Wildman–Crippen MR) is 94.3 cm³/mol. The van der Waals surface area contributed by atoms with Crippen molar-refractivity contribution in [2.24, 2.45) is 0 Å². The van der Waals surface area contributed by atoms with Crippen LogP contribution in [0.15, 0.2) is 42.5 Å². The maximum Gasteiger partial charge on any atom is 0.0416 e. The van der Waals surface area contributed by atoms with Gasteiger partial charge in [-0.05, 0) is 86.8 Å². The van der Waals surface area contributed by atoms with Gasteiger partial charge in [-0.1, -0.05) is 23.8 Å². The van der Waals surface area contributed by atoms with Crippen molar-refractivity contribution in [3.63, 3.8) is 0 Å². The van der Waals surface area contributed by atoms with Crippen molar-refractivity contribution in [3.8, 4) is 0 Å². The Morgan fingerprint density at radius 3 is 1.82 bits per heavy atom. The molecular weight excluding hydrogens is 266 g/mol. The normalized spacial score (nSPS) is 17.5. The summed E-state index contributed by atoms with van der Waals surface area (Å²) >= 11 is 0. The van der Waals surface area contributed by atoms with E-state index in [1.54, 1.807) is 11.1 Å². The van der Waals surface area contributed by atoms with E-state index in [9.17, 15) is 0 Å². The first-order valence-corrected chi connectivity index (χ1v) is 8.73. The Labute approximate surface area is 134 Å². The second kappa shape index (κ2) is 5.46. The second-order valence-electron chi connectivity index (χ2n) is 6.99. The molecule has 2 aliphatic carbocycles. The number of benzene rings is 2. The lowest BCUT2D eigenvalue weighted by atomic mass is 10.0. The number of hydrogen-bond donors (Lipinski definition) is 0. The molecule has 2 aliphatic rings. The standard InChI is InChI=1S/C21H25N/c1-3-22(20-10-4-15(2)5-11-20)21-13-18(16-6-7-16)12-19(14-21)17-8-9-17/h4-5,10-14,16-17H,3,6-9H2,1-2H3. The highest BCUT2D eigenvalue weighted by Gasteiger charge is 2.29. The molecular formula is C21H25N. The van der Waals surface area contributed by atoms with Crippen LogP contribution in [0.5, 0.6) is 0 Å². The molecule has 114 valence electrons. The summed E-state index contributed by atoms with van der Waals surface area (Å²) in [6.45, 7) is 5.42. The van der Waals surface area contributed by atoms with Crippen LogP contribution < -0.4 is 4.90 Å². The van der Waals surface area contributed by atoms with Gasteiger partial charge in [0.15, 0.2) is 0 Å².